The molecule has 1 spiro atoms. The molecule has 6 nitrogen and oxygen atoms in total. The van der Waals surface area contributed by atoms with E-state index in [1.807, 2.05) is 19.9 Å². The highest BCUT2D eigenvalue weighted by Crippen LogP contribution is 2.58. The van der Waals surface area contributed by atoms with Crippen molar-refractivity contribution in [1.29, 1.82) is 10.7 Å². The van der Waals surface area contributed by atoms with E-state index >= 15 is 0 Å². The first-order valence-corrected chi connectivity index (χ1v) is 10.3. The van der Waals surface area contributed by atoms with Crippen molar-refractivity contribution in [3.8, 4) is 6.07 Å². The molecule has 4 N–H and O–H groups in total. The normalized spacial score (nSPS) is 30.0. The molecule has 0 aromatic heterocycles. The van der Waals surface area contributed by atoms with Crippen LogP contribution in [0.5, 0.6) is 0 Å². The number of amides is 1. The number of alkyl halides is 3. The number of aliphatic hydroxyl groups excluding tert-OH is 1. The summed E-state index contributed by atoms with van der Waals surface area (Å²) in [6, 6.07) is 7.12. The van der Waals surface area contributed by atoms with Crippen molar-refractivity contribution in [3.63, 3.8) is 0 Å². The molecule has 0 radical (unpaired) electrons. The number of nitrogens with zero attached hydrogens (tertiary/aromatic N) is 2. The van der Waals surface area contributed by atoms with E-state index in [9.17, 15) is 28.3 Å². The Kier molecular flexibility index (Phi) is 6.07. The van der Waals surface area contributed by atoms with Crippen LogP contribution in [0.1, 0.15) is 55.7 Å². The number of halogens is 3. The first-order chi connectivity index (χ1) is 14.4. The van der Waals surface area contributed by atoms with E-state index in [2.05, 4.69) is 0 Å². The largest absolute Gasteiger partial charge is 0.393 e. The van der Waals surface area contributed by atoms with Crippen LogP contribution in [0.2, 0.25) is 0 Å². The van der Waals surface area contributed by atoms with Crippen LogP contribution >= 0.6 is 0 Å². The number of hydrogen-bond donors (Lipinski definition) is 3. The van der Waals surface area contributed by atoms with E-state index in [0.29, 0.717) is 35.3 Å². The van der Waals surface area contributed by atoms with Gasteiger partial charge in [-0.2, -0.15) is 18.4 Å². The van der Waals surface area contributed by atoms with Crippen LogP contribution in [-0.4, -0.2) is 40.7 Å². The Labute approximate surface area is 179 Å². The Morgan fingerprint density at radius 1 is 1.35 bits per heavy atom. The molecule has 3 atom stereocenters. The van der Waals surface area contributed by atoms with Crippen molar-refractivity contribution in [2.75, 3.05) is 6.54 Å². The molecule has 9 heteroatoms. The molecule has 1 fully saturated rings. The zero-order valence-corrected chi connectivity index (χ0v) is 17.5. The van der Waals surface area contributed by atoms with Gasteiger partial charge in [0.2, 0.25) is 5.91 Å². The van der Waals surface area contributed by atoms with Gasteiger partial charge in [0.05, 0.1) is 30.1 Å². The van der Waals surface area contributed by atoms with Gasteiger partial charge in [-0.25, -0.2) is 0 Å². The molecule has 2 aliphatic carbocycles. The molecule has 1 saturated carbocycles. The quantitative estimate of drug-likeness (QED) is 0.498. The third-order valence-electron chi connectivity index (χ3n) is 6.79. The summed E-state index contributed by atoms with van der Waals surface area (Å²) >= 11 is 0. The predicted octanol–water partition coefficient (Wildman–Crippen LogP) is 3.29. The lowest BCUT2D eigenvalue weighted by atomic mass is 9.59. The molecule has 1 amide bonds. The number of aliphatic hydroxyl groups is 1. The Balaban J connectivity index is 2.06. The topological polar surface area (TPSA) is 114 Å². The maximum atomic E-state index is 13.6. The van der Waals surface area contributed by atoms with Crippen molar-refractivity contribution in [2.24, 2.45) is 23.0 Å². The third-order valence-corrected chi connectivity index (χ3v) is 6.79. The summed E-state index contributed by atoms with van der Waals surface area (Å²) in [5, 5.41) is 27.5. The number of rotatable bonds is 3. The van der Waals surface area contributed by atoms with E-state index in [1.165, 1.54) is 0 Å². The third kappa shape index (κ3) is 4.40. The number of guanidine groups is 1. The molecule has 1 aromatic carbocycles. The van der Waals surface area contributed by atoms with Gasteiger partial charge < -0.3 is 10.8 Å². The Morgan fingerprint density at radius 3 is 2.48 bits per heavy atom. The summed E-state index contributed by atoms with van der Waals surface area (Å²) < 4.78 is 38.5. The van der Waals surface area contributed by atoms with Crippen molar-refractivity contribution in [1.82, 2.24) is 4.90 Å². The molecule has 0 aliphatic heterocycles. The number of benzene rings is 1. The maximum absolute atomic E-state index is 13.6. The summed E-state index contributed by atoms with van der Waals surface area (Å²) in [5.41, 5.74) is 6.75. The molecule has 0 saturated heterocycles. The zero-order valence-electron chi connectivity index (χ0n) is 17.5. The van der Waals surface area contributed by atoms with Crippen LogP contribution in [0.15, 0.2) is 18.2 Å². The number of carbonyl (C=O) groups excluding carboxylic acids is 1. The lowest BCUT2D eigenvalue weighted by Gasteiger charge is -2.47. The van der Waals surface area contributed by atoms with Gasteiger partial charge in [-0.1, -0.05) is 19.9 Å². The molecule has 0 heterocycles. The predicted molar refractivity (Wildman–Crippen MR) is 108 cm³/mol. The minimum Gasteiger partial charge on any atom is -0.393 e. The molecule has 1 aromatic rings. The SMILES string of the molecule is CC1CC2(Cc3ccc(C#N)cc3C2C(=O)N(CCC(F)(F)F)C(=N)N)CC(C)C1O. The number of carbonyl (C=O) groups is 1. The van der Waals surface area contributed by atoms with Gasteiger partial charge in [-0.15, -0.1) is 0 Å². The van der Waals surface area contributed by atoms with Crippen LogP contribution in [0.3, 0.4) is 0 Å². The van der Waals surface area contributed by atoms with Crippen LogP contribution in [0.4, 0.5) is 13.2 Å². The van der Waals surface area contributed by atoms with Crippen molar-refractivity contribution in [2.45, 2.75) is 57.7 Å². The van der Waals surface area contributed by atoms with E-state index in [1.54, 1.807) is 18.2 Å². The second-order valence-electron chi connectivity index (χ2n) is 9.09. The number of nitrogens with one attached hydrogen (secondary N) is 1. The second kappa shape index (κ2) is 8.15. The molecule has 0 bridgehead atoms. The standard InChI is InChI=1S/C22H27F3N4O2/c1-12-8-21(9-13(2)18(12)30)10-15-4-3-14(11-26)7-16(15)17(21)19(31)29(20(27)28)6-5-22(23,24)25/h3-4,7,12-13,17-18,30H,5-6,8-10H2,1-2H3,(H3,27,28). The Hall–Kier alpha value is -2.60. The van der Waals surface area contributed by atoms with E-state index in [0.717, 1.165) is 5.56 Å². The first-order valence-electron chi connectivity index (χ1n) is 10.3. The maximum Gasteiger partial charge on any atom is 0.390 e. The minimum absolute atomic E-state index is 0.107. The molecular weight excluding hydrogens is 409 g/mol. The van der Waals surface area contributed by atoms with Crippen LogP contribution in [-0.2, 0) is 11.2 Å². The number of nitriles is 1. The van der Waals surface area contributed by atoms with Gasteiger partial charge in [-0.05, 0) is 59.8 Å². The van der Waals surface area contributed by atoms with Gasteiger partial charge >= 0.3 is 6.18 Å². The molecule has 2 aliphatic rings. The molecule has 168 valence electrons. The fourth-order valence-electron chi connectivity index (χ4n) is 5.59. The second-order valence-corrected chi connectivity index (χ2v) is 9.09. The summed E-state index contributed by atoms with van der Waals surface area (Å²) in [7, 11) is 0. The number of hydrogen-bond acceptors (Lipinski definition) is 4. The Bertz CT molecular complexity index is 912. The smallest absolute Gasteiger partial charge is 0.390 e. The zero-order chi connectivity index (χ0) is 23.1. The summed E-state index contributed by atoms with van der Waals surface area (Å²) in [6.45, 7) is 3.07. The van der Waals surface area contributed by atoms with Gasteiger partial charge in [0.15, 0.2) is 5.96 Å². The summed E-state index contributed by atoms with van der Waals surface area (Å²) in [5.74, 6) is -2.42. The summed E-state index contributed by atoms with van der Waals surface area (Å²) in [4.78, 5) is 14.3. The molecule has 3 unspecified atom stereocenters. The molecule has 31 heavy (non-hydrogen) atoms. The van der Waals surface area contributed by atoms with Crippen LogP contribution < -0.4 is 5.73 Å². The highest BCUT2D eigenvalue weighted by atomic mass is 19.4. The van der Waals surface area contributed by atoms with Gasteiger partial charge in [0.25, 0.3) is 0 Å². The molecule has 3 rings (SSSR count). The van der Waals surface area contributed by atoms with Crippen molar-refractivity contribution >= 4 is 11.9 Å². The van der Waals surface area contributed by atoms with Gasteiger partial charge in [0, 0.05) is 6.54 Å². The van der Waals surface area contributed by atoms with E-state index < -0.39 is 48.4 Å². The average molecular weight is 436 g/mol. The lowest BCUT2D eigenvalue weighted by molar-refractivity contribution is -0.144. The Morgan fingerprint density at radius 2 is 1.97 bits per heavy atom. The minimum atomic E-state index is -4.49. The number of fused-ring (bicyclic) bond motifs is 1. The lowest BCUT2D eigenvalue weighted by Crippen LogP contribution is -2.51. The summed E-state index contributed by atoms with van der Waals surface area (Å²) in [6.07, 6.45) is -4.75. The highest BCUT2D eigenvalue weighted by Gasteiger charge is 2.55. The van der Waals surface area contributed by atoms with Crippen molar-refractivity contribution in [3.05, 3.63) is 34.9 Å². The van der Waals surface area contributed by atoms with Crippen molar-refractivity contribution < 1.29 is 23.1 Å². The van der Waals surface area contributed by atoms with Crippen LogP contribution in [0, 0.1) is 34.0 Å². The van der Waals surface area contributed by atoms with Gasteiger partial charge in [0.1, 0.15) is 0 Å². The molecular formula is C22H27F3N4O2. The van der Waals surface area contributed by atoms with E-state index in [-0.39, 0.29) is 11.8 Å². The van der Waals surface area contributed by atoms with Crippen LogP contribution in [0.25, 0.3) is 0 Å². The van der Waals surface area contributed by atoms with E-state index in [4.69, 9.17) is 11.1 Å². The fourth-order valence-corrected chi connectivity index (χ4v) is 5.59. The number of nitrogens with two attached hydrogens (primary N) is 1. The highest BCUT2D eigenvalue weighted by molar-refractivity contribution is 5.99. The first kappa shape index (κ1) is 23.1. The average Bonchev–Trinajstić information content (AvgIpc) is 2.96. The monoisotopic (exact) mass is 436 g/mol. The fraction of sp³-hybridized carbons (Fsp3) is 0.591. The van der Waals surface area contributed by atoms with Gasteiger partial charge in [-0.3, -0.25) is 15.1 Å².